The molecule has 4 aliphatic carbocycles. The fourth-order valence-corrected chi connectivity index (χ4v) is 6.06. The standard InChI is InChI=1S/C23H30N2OS.CH2O.CH4.H2/c1-23(2,19-10-9-16-15(19)5-4-6-20(16)27-3)24-22(26)21-17-12-25(13-18(17)21)11-14-7-8-14;1-2;;/h4-6,9-10,14-15,17-18,21H,7-8,11-13H2,1-3H3,(H,24,26);1H2;1H4;1H/t15?,17-,18+,21?;;;. The number of fused-ring (bicyclic) bond motifs is 2. The van der Waals surface area contributed by atoms with Crippen LogP contribution < -0.4 is 5.32 Å². The lowest BCUT2D eigenvalue weighted by Crippen LogP contribution is -2.48. The fraction of sp³-hybridized carbons (Fsp3) is 0.600. The lowest BCUT2D eigenvalue weighted by Gasteiger charge is -2.33. The fourth-order valence-electron chi connectivity index (χ4n) is 5.41. The molecule has 0 radical (unpaired) electrons. The largest absolute Gasteiger partial charge is 0.347 e. The van der Waals surface area contributed by atoms with E-state index < -0.39 is 0 Å². The van der Waals surface area contributed by atoms with Crippen LogP contribution in [0.4, 0.5) is 0 Å². The SMILES string of the molecule is C.C=O.CSC1=CC=CC2C1=CC=C2C(C)(C)NC(=O)C1[C@H]2CN(CC3CC3)C[C@@H]12.[HH]. The first-order valence-corrected chi connectivity index (χ1v) is 11.9. The summed E-state index contributed by atoms with van der Waals surface area (Å²) < 4.78 is 0. The summed E-state index contributed by atoms with van der Waals surface area (Å²) in [5.74, 6) is 2.99. The van der Waals surface area contributed by atoms with E-state index in [1.807, 2.05) is 6.79 Å². The van der Waals surface area contributed by atoms with Crippen LogP contribution in [-0.4, -0.2) is 49.0 Å². The van der Waals surface area contributed by atoms with Gasteiger partial charge in [-0.2, -0.15) is 0 Å². The molecule has 1 amide bonds. The molecule has 0 aromatic rings. The normalized spacial score (nSPS) is 31.2. The molecule has 1 saturated heterocycles. The molecule has 4 nitrogen and oxygen atoms in total. The van der Waals surface area contributed by atoms with Crippen molar-refractivity contribution < 1.29 is 11.0 Å². The summed E-state index contributed by atoms with van der Waals surface area (Å²) in [6.07, 6.45) is 16.0. The van der Waals surface area contributed by atoms with E-state index in [-0.39, 0.29) is 26.2 Å². The second-order valence-electron chi connectivity index (χ2n) is 9.47. The second kappa shape index (κ2) is 8.88. The first kappa shape index (κ1) is 23.1. The number of carbonyl (C=O) groups is 2. The molecule has 0 aromatic heterocycles. The average Bonchev–Trinajstić information content (AvgIpc) is 3.54. The number of nitrogens with zero attached hydrogens (tertiary/aromatic N) is 1. The van der Waals surface area contributed by atoms with E-state index in [1.54, 1.807) is 11.8 Å². The van der Waals surface area contributed by atoms with Crippen molar-refractivity contribution in [2.45, 2.75) is 39.7 Å². The van der Waals surface area contributed by atoms with Gasteiger partial charge in [-0.05, 0) is 67.9 Å². The van der Waals surface area contributed by atoms with E-state index in [0.29, 0.717) is 17.8 Å². The Morgan fingerprint density at radius 3 is 2.50 bits per heavy atom. The number of allylic oxidation sites excluding steroid dienone is 6. The Balaban J connectivity index is 0.000000830. The second-order valence-corrected chi connectivity index (χ2v) is 10.3. The number of hydrogen-bond acceptors (Lipinski definition) is 4. The third-order valence-corrected chi connectivity index (χ3v) is 7.92. The van der Waals surface area contributed by atoms with E-state index in [0.717, 1.165) is 19.0 Å². The summed E-state index contributed by atoms with van der Waals surface area (Å²) in [6, 6.07) is 0. The zero-order valence-electron chi connectivity index (χ0n) is 17.7. The Kier molecular flexibility index (Phi) is 6.83. The number of hydrogen-bond donors (Lipinski definition) is 1. The van der Waals surface area contributed by atoms with E-state index in [9.17, 15) is 4.79 Å². The van der Waals surface area contributed by atoms with Crippen molar-refractivity contribution in [3.63, 3.8) is 0 Å². The van der Waals surface area contributed by atoms with Crippen LogP contribution in [0.5, 0.6) is 0 Å². The van der Waals surface area contributed by atoms with Crippen LogP contribution in [0.1, 0.15) is 35.5 Å². The van der Waals surface area contributed by atoms with Crippen LogP contribution in [0.2, 0.25) is 0 Å². The molecule has 5 rings (SSSR count). The van der Waals surface area contributed by atoms with Gasteiger partial charge < -0.3 is 15.0 Å². The predicted octanol–water partition coefficient (Wildman–Crippen LogP) is 4.47. The van der Waals surface area contributed by atoms with Gasteiger partial charge >= 0.3 is 0 Å². The first-order chi connectivity index (χ1) is 14.0. The van der Waals surface area contributed by atoms with Gasteiger partial charge in [-0.3, -0.25) is 4.79 Å². The Hall–Kier alpha value is -1.59. The zero-order chi connectivity index (χ0) is 20.8. The smallest absolute Gasteiger partial charge is 0.224 e. The van der Waals surface area contributed by atoms with Gasteiger partial charge in [-0.15, -0.1) is 11.8 Å². The summed E-state index contributed by atoms with van der Waals surface area (Å²) in [6.45, 7) is 9.88. The third-order valence-electron chi connectivity index (χ3n) is 7.11. The quantitative estimate of drug-likeness (QED) is 0.676. The minimum absolute atomic E-state index is 0. The van der Waals surface area contributed by atoms with Gasteiger partial charge in [0, 0.05) is 37.8 Å². The monoisotopic (exact) mass is 430 g/mol. The number of carbonyl (C=O) groups excluding carboxylic acids is 2. The minimum Gasteiger partial charge on any atom is -0.347 e. The van der Waals surface area contributed by atoms with Crippen molar-refractivity contribution in [2.75, 3.05) is 25.9 Å². The van der Waals surface area contributed by atoms with Crippen molar-refractivity contribution in [2.24, 2.45) is 29.6 Å². The molecule has 1 heterocycles. The molecule has 5 aliphatic rings. The molecular formula is C25H38N2O2S. The van der Waals surface area contributed by atoms with Crippen LogP contribution in [0.15, 0.2) is 46.4 Å². The molecule has 3 fully saturated rings. The maximum atomic E-state index is 13.0. The Labute approximate surface area is 187 Å². The Bertz CT molecular complexity index is 800. The van der Waals surface area contributed by atoms with Crippen molar-refractivity contribution in [1.82, 2.24) is 10.2 Å². The summed E-state index contributed by atoms with van der Waals surface area (Å²) in [4.78, 5) is 24.9. The van der Waals surface area contributed by atoms with Crippen molar-refractivity contribution in [3.8, 4) is 0 Å². The van der Waals surface area contributed by atoms with Crippen LogP contribution in [0.25, 0.3) is 0 Å². The number of nitrogens with one attached hydrogen (secondary N) is 1. The number of thioether (sulfide) groups is 1. The topological polar surface area (TPSA) is 49.4 Å². The summed E-state index contributed by atoms with van der Waals surface area (Å²) in [5, 5.41) is 3.40. The summed E-state index contributed by atoms with van der Waals surface area (Å²) >= 11 is 1.80. The van der Waals surface area contributed by atoms with Gasteiger partial charge in [-0.25, -0.2) is 0 Å². The van der Waals surface area contributed by atoms with Gasteiger partial charge in [0.25, 0.3) is 0 Å². The van der Waals surface area contributed by atoms with Crippen molar-refractivity contribution in [1.29, 1.82) is 0 Å². The molecule has 166 valence electrons. The van der Waals surface area contributed by atoms with Gasteiger partial charge in [0.15, 0.2) is 0 Å². The van der Waals surface area contributed by atoms with Crippen molar-refractivity contribution >= 4 is 24.5 Å². The molecule has 1 aliphatic heterocycles. The lowest BCUT2D eigenvalue weighted by molar-refractivity contribution is -0.124. The van der Waals surface area contributed by atoms with Crippen molar-refractivity contribution in [3.05, 3.63) is 46.4 Å². The van der Waals surface area contributed by atoms with Gasteiger partial charge in [0.05, 0.1) is 5.54 Å². The molecule has 0 bridgehead atoms. The van der Waals surface area contributed by atoms with Crippen LogP contribution in [0, 0.1) is 29.6 Å². The van der Waals surface area contributed by atoms with Gasteiger partial charge in [0.2, 0.25) is 5.91 Å². The highest BCUT2D eigenvalue weighted by molar-refractivity contribution is 8.02. The number of rotatable bonds is 6. The summed E-state index contributed by atoms with van der Waals surface area (Å²) in [5.41, 5.74) is 2.37. The molecule has 4 atom stereocenters. The minimum atomic E-state index is -0.310. The maximum absolute atomic E-state index is 13.0. The van der Waals surface area contributed by atoms with Crippen LogP contribution >= 0.6 is 11.8 Å². The molecule has 2 unspecified atom stereocenters. The van der Waals surface area contributed by atoms with Crippen LogP contribution in [-0.2, 0) is 9.59 Å². The predicted molar refractivity (Wildman–Crippen MR) is 128 cm³/mol. The van der Waals surface area contributed by atoms with Crippen LogP contribution in [0.3, 0.4) is 0 Å². The number of amides is 1. The van der Waals surface area contributed by atoms with Gasteiger partial charge in [-0.1, -0.05) is 31.7 Å². The zero-order valence-corrected chi connectivity index (χ0v) is 18.5. The Morgan fingerprint density at radius 1 is 1.23 bits per heavy atom. The molecule has 0 spiro atoms. The van der Waals surface area contributed by atoms with E-state index in [4.69, 9.17) is 4.79 Å². The maximum Gasteiger partial charge on any atom is 0.224 e. The molecular weight excluding hydrogens is 392 g/mol. The lowest BCUT2D eigenvalue weighted by atomic mass is 9.81. The number of piperidine rings is 1. The van der Waals surface area contributed by atoms with E-state index in [2.05, 4.69) is 60.7 Å². The highest BCUT2D eigenvalue weighted by atomic mass is 32.2. The molecule has 0 aromatic carbocycles. The molecule has 2 saturated carbocycles. The first-order valence-electron chi connectivity index (χ1n) is 10.7. The van der Waals surface area contributed by atoms with Gasteiger partial charge in [0.1, 0.15) is 6.79 Å². The number of likely N-dealkylation sites (tertiary alicyclic amines) is 1. The molecule has 30 heavy (non-hydrogen) atoms. The molecule has 5 heteroatoms. The van der Waals surface area contributed by atoms with E-state index >= 15 is 0 Å². The van der Waals surface area contributed by atoms with E-state index in [1.165, 1.54) is 35.4 Å². The average molecular weight is 431 g/mol. The third kappa shape index (κ3) is 4.24. The molecule has 1 N–H and O–H groups in total. The Morgan fingerprint density at radius 2 is 1.90 bits per heavy atom. The summed E-state index contributed by atoms with van der Waals surface area (Å²) in [7, 11) is 0. The highest BCUT2D eigenvalue weighted by Gasteiger charge is 2.60. The highest BCUT2D eigenvalue weighted by Crippen LogP contribution is 2.53.